The van der Waals surface area contributed by atoms with Gasteiger partial charge in [0.05, 0.1) is 19.4 Å². The molecule has 0 aliphatic heterocycles. The van der Waals surface area contributed by atoms with E-state index in [9.17, 15) is 9.90 Å². The van der Waals surface area contributed by atoms with Crippen molar-refractivity contribution in [1.82, 2.24) is 5.32 Å². The summed E-state index contributed by atoms with van der Waals surface area (Å²) in [4.78, 5) is 11.9. The Hall–Kier alpha value is -1.79. The SMILES string of the molecule is CC(Oc1ccc(Br)c(CO)c1)C(=O)NCc1ccco1. The zero-order chi connectivity index (χ0) is 15.2. The lowest BCUT2D eigenvalue weighted by atomic mass is 10.2. The molecule has 2 aromatic rings. The average molecular weight is 354 g/mol. The van der Waals surface area contributed by atoms with Crippen molar-refractivity contribution >= 4 is 21.8 Å². The van der Waals surface area contributed by atoms with E-state index in [1.807, 2.05) is 0 Å². The molecule has 2 rings (SSSR count). The zero-order valence-corrected chi connectivity index (χ0v) is 13.1. The summed E-state index contributed by atoms with van der Waals surface area (Å²) >= 11 is 3.33. The highest BCUT2D eigenvalue weighted by Gasteiger charge is 2.15. The molecular formula is C15H16BrNO4. The number of furan rings is 1. The van der Waals surface area contributed by atoms with Crippen LogP contribution in [0.15, 0.2) is 45.5 Å². The third kappa shape index (κ3) is 4.34. The number of aliphatic hydroxyl groups excluding tert-OH is 1. The molecule has 0 saturated carbocycles. The van der Waals surface area contributed by atoms with E-state index < -0.39 is 6.10 Å². The maximum atomic E-state index is 11.9. The normalized spacial score (nSPS) is 12.0. The molecule has 0 aliphatic carbocycles. The van der Waals surface area contributed by atoms with E-state index in [1.54, 1.807) is 43.5 Å². The van der Waals surface area contributed by atoms with Crippen LogP contribution in [-0.4, -0.2) is 17.1 Å². The topological polar surface area (TPSA) is 71.7 Å². The number of hydrogen-bond acceptors (Lipinski definition) is 4. The third-order valence-corrected chi connectivity index (χ3v) is 3.66. The van der Waals surface area contributed by atoms with Gasteiger partial charge in [0.15, 0.2) is 6.10 Å². The minimum atomic E-state index is -0.646. The molecule has 21 heavy (non-hydrogen) atoms. The van der Waals surface area contributed by atoms with E-state index in [0.29, 0.717) is 23.6 Å². The maximum absolute atomic E-state index is 11.9. The van der Waals surface area contributed by atoms with Crippen LogP contribution >= 0.6 is 15.9 Å². The van der Waals surface area contributed by atoms with Gasteiger partial charge < -0.3 is 19.6 Å². The number of aliphatic hydroxyl groups is 1. The van der Waals surface area contributed by atoms with E-state index in [2.05, 4.69) is 21.2 Å². The number of benzene rings is 1. The van der Waals surface area contributed by atoms with Crippen molar-refractivity contribution in [3.05, 3.63) is 52.4 Å². The number of carbonyl (C=O) groups excluding carboxylic acids is 1. The van der Waals surface area contributed by atoms with Crippen LogP contribution in [0.4, 0.5) is 0 Å². The number of amides is 1. The summed E-state index contributed by atoms with van der Waals surface area (Å²) in [7, 11) is 0. The summed E-state index contributed by atoms with van der Waals surface area (Å²) in [5, 5.41) is 11.9. The lowest BCUT2D eigenvalue weighted by Gasteiger charge is -2.15. The number of hydrogen-bond donors (Lipinski definition) is 2. The Labute approximate surface area is 131 Å². The van der Waals surface area contributed by atoms with Crippen molar-refractivity contribution in [2.45, 2.75) is 26.2 Å². The minimum Gasteiger partial charge on any atom is -0.481 e. The molecule has 0 fully saturated rings. The summed E-state index contributed by atoms with van der Waals surface area (Å²) in [6.07, 6.45) is 0.910. The predicted molar refractivity (Wildman–Crippen MR) is 80.7 cm³/mol. The second-order valence-corrected chi connectivity index (χ2v) is 5.32. The Morgan fingerprint density at radius 2 is 2.29 bits per heavy atom. The van der Waals surface area contributed by atoms with Crippen molar-refractivity contribution in [3.63, 3.8) is 0 Å². The van der Waals surface area contributed by atoms with E-state index in [0.717, 1.165) is 4.47 Å². The lowest BCUT2D eigenvalue weighted by molar-refractivity contribution is -0.127. The smallest absolute Gasteiger partial charge is 0.261 e. The van der Waals surface area contributed by atoms with Crippen LogP contribution in [0.5, 0.6) is 5.75 Å². The molecule has 1 heterocycles. The highest BCUT2D eigenvalue weighted by atomic mass is 79.9. The number of carbonyl (C=O) groups is 1. The van der Waals surface area contributed by atoms with Crippen LogP contribution in [0.3, 0.4) is 0 Å². The predicted octanol–water partition coefficient (Wildman–Crippen LogP) is 2.62. The molecule has 0 saturated heterocycles. The Kier molecular flexibility index (Phi) is 5.41. The van der Waals surface area contributed by atoms with Gasteiger partial charge in [-0.05, 0) is 42.8 Å². The van der Waals surface area contributed by atoms with Crippen molar-refractivity contribution < 1.29 is 19.1 Å². The summed E-state index contributed by atoms with van der Waals surface area (Å²) in [6.45, 7) is 1.89. The van der Waals surface area contributed by atoms with Gasteiger partial charge in [-0.15, -0.1) is 0 Å². The number of rotatable bonds is 6. The van der Waals surface area contributed by atoms with Crippen LogP contribution in [0.1, 0.15) is 18.2 Å². The maximum Gasteiger partial charge on any atom is 0.261 e. The highest BCUT2D eigenvalue weighted by molar-refractivity contribution is 9.10. The summed E-state index contributed by atoms with van der Waals surface area (Å²) in [6, 6.07) is 8.75. The van der Waals surface area contributed by atoms with Gasteiger partial charge in [0.2, 0.25) is 0 Å². The van der Waals surface area contributed by atoms with Gasteiger partial charge in [-0.2, -0.15) is 0 Å². The van der Waals surface area contributed by atoms with Gasteiger partial charge in [0.25, 0.3) is 5.91 Å². The van der Waals surface area contributed by atoms with Crippen LogP contribution in [0.2, 0.25) is 0 Å². The highest BCUT2D eigenvalue weighted by Crippen LogP contribution is 2.23. The van der Waals surface area contributed by atoms with E-state index in [1.165, 1.54) is 0 Å². The van der Waals surface area contributed by atoms with E-state index >= 15 is 0 Å². The van der Waals surface area contributed by atoms with Crippen molar-refractivity contribution in [3.8, 4) is 5.75 Å². The first kappa shape index (κ1) is 15.6. The lowest BCUT2D eigenvalue weighted by Crippen LogP contribution is -2.35. The molecule has 6 heteroatoms. The van der Waals surface area contributed by atoms with E-state index in [4.69, 9.17) is 9.15 Å². The molecule has 112 valence electrons. The Bertz CT molecular complexity index is 598. The van der Waals surface area contributed by atoms with Gasteiger partial charge in [0.1, 0.15) is 11.5 Å². The number of halogens is 1. The Morgan fingerprint density at radius 3 is 2.95 bits per heavy atom. The first-order chi connectivity index (χ1) is 10.1. The molecule has 1 aromatic heterocycles. The Balaban J connectivity index is 1.91. The molecular weight excluding hydrogens is 338 g/mol. The quantitative estimate of drug-likeness (QED) is 0.837. The molecule has 1 amide bonds. The first-order valence-electron chi connectivity index (χ1n) is 6.46. The molecule has 0 radical (unpaired) electrons. The van der Waals surface area contributed by atoms with Gasteiger partial charge in [-0.1, -0.05) is 15.9 Å². The number of nitrogens with one attached hydrogen (secondary N) is 1. The van der Waals surface area contributed by atoms with Crippen LogP contribution in [0, 0.1) is 0 Å². The molecule has 1 unspecified atom stereocenters. The molecule has 0 spiro atoms. The molecule has 1 aromatic carbocycles. The van der Waals surface area contributed by atoms with E-state index in [-0.39, 0.29) is 12.5 Å². The second-order valence-electron chi connectivity index (χ2n) is 4.47. The van der Waals surface area contributed by atoms with Crippen LogP contribution in [-0.2, 0) is 17.9 Å². The fourth-order valence-electron chi connectivity index (χ4n) is 1.73. The van der Waals surface area contributed by atoms with Gasteiger partial charge >= 0.3 is 0 Å². The molecule has 2 N–H and O–H groups in total. The minimum absolute atomic E-state index is 0.100. The fourth-order valence-corrected chi connectivity index (χ4v) is 2.11. The average Bonchev–Trinajstić information content (AvgIpc) is 3.00. The molecule has 0 bridgehead atoms. The summed E-state index contributed by atoms with van der Waals surface area (Å²) < 4.78 is 11.5. The standard InChI is InChI=1S/C15H16BrNO4/c1-10(15(19)17-8-13-3-2-6-20-13)21-12-4-5-14(16)11(7-12)9-18/h2-7,10,18H,8-9H2,1H3,(H,17,19). The van der Waals surface area contributed by atoms with Crippen molar-refractivity contribution in [1.29, 1.82) is 0 Å². The summed E-state index contributed by atoms with van der Waals surface area (Å²) in [5.41, 5.74) is 0.704. The largest absolute Gasteiger partial charge is 0.481 e. The van der Waals surface area contributed by atoms with Crippen LogP contribution < -0.4 is 10.1 Å². The third-order valence-electron chi connectivity index (χ3n) is 2.89. The van der Waals surface area contributed by atoms with Crippen molar-refractivity contribution in [2.24, 2.45) is 0 Å². The monoisotopic (exact) mass is 353 g/mol. The van der Waals surface area contributed by atoms with Gasteiger partial charge in [-0.3, -0.25) is 4.79 Å². The van der Waals surface area contributed by atoms with Crippen LogP contribution in [0.25, 0.3) is 0 Å². The number of ether oxygens (including phenoxy) is 1. The fraction of sp³-hybridized carbons (Fsp3) is 0.267. The molecule has 0 aliphatic rings. The van der Waals surface area contributed by atoms with Crippen molar-refractivity contribution in [2.75, 3.05) is 0 Å². The van der Waals surface area contributed by atoms with Gasteiger partial charge in [-0.25, -0.2) is 0 Å². The van der Waals surface area contributed by atoms with Gasteiger partial charge in [0, 0.05) is 4.47 Å². The molecule has 1 atom stereocenters. The zero-order valence-electron chi connectivity index (χ0n) is 11.5. The summed E-state index contributed by atoms with van der Waals surface area (Å²) in [5.74, 6) is 0.976. The first-order valence-corrected chi connectivity index (χ1v) is 7.25. The molecule has 5 nitrogen and oxygen atoms in total. The Morgan fingerprint density at radius 1 is 1.48 bits per heavy atom. The second kappa shape index (κ2) is 7.28.